The monoisotopic (exact) mass is 308 g/mol. The molecule has 4 rings (SSSR count). The predicted molar refractivity (Wildman–Crippen MR) is 87.1 cm³/mol. The number of hydrogen-bond acceptors (Lipinski definition) is 4. The second kappa shape index (κ2) is 5.96. The maximum atomic E-state index is 4.89. The molecule has 0 amide bonds. The van der Waals surface area contributed by atoms with Gasteiger partial charge in [-0.3, -0.25) is 9.47 Å². The number of imidazole rings is 2. The number of pyridine rings is 1. The lowest BCUT2D eigenvalue weighted by Crippen LogP contribution is -2.24. The molecule has 1 aliphatic heterocycles. The van der Waals surface area contributed by atoms with Crippen LogP contribution in [0.5, 0.6) is 0 Å². The summed E-state index contributed by atoms with van der Waals surface area (Å²) in [5, 5.41) is 0. The van der Waals surface area contributed by atoms with E-state index in [0.717, 1.165) is 42.7 Å². The number of nitrogens with zero attached hydrogens (tertiary/aromatic N) is 5. The van der Waals surface area contributed by atoms with Crippen molar-refractivity contribution < 1.29 is 0 Å². The van der Waals surface area contributed by atoms with Crippen LogP contribution in [0.25, 0.3) is 5.82 Å². The molecule has 1 fully saturated rings. The van der Waals surface area contributed by atoms with Crippen molar-refractivity contribution in [3.05, 3.63) is 60.3 Å². The van der Waals surface area contributed by atoms with Gasteiger partial charge < -0.3 is 4.98 Å². The molecule has 0 bridgehead atoms. The molecule has 0 spiro atoms. The van der Waals surface area contributed by atoms with Crippen molar-refractivity contribution in [3.63, 3.8) is 0 Å². The van der Waals surface area contributed by atoms with Gasteiger partial charge in [-0.25, -0.2) is 15.0 Å². The van der Waals surface area contributed by atoms with Gasteiger partial charge in [-0.1, -0.05) is 6.07 Å². The summed E-state index contributed by atoms with van der Waals surface area (Å²) in [5.41, 5.74) is 1.12. The molecule has 23 heavy (non-hydrogen) atoms. The molecule has 118 valence electrons. The first-order chi connectivity index (χ1) is 11.3. The Hall–Kier alpha value is -2.47. The lowest BCUT2D eigenvalue weighted by atomic mass is 10.1. The van der Waals surface area contributed by atoms with E-state index in [4.69, 9.17) is 4.98 Å². The summed E-state index contributed by atoms with van der Waals surface area (Å²) in [6.07, 6.45) is 9.78. The minimum atomic E-state index is 0.351. The molecule has 6 nitrogen and oxygen atoms in total. The molecule has 3 aromatic heterocycles. The highest BCUT2D eigenvalue weighted by Crippen LogP contribution is 2.32. The summed E-state index contributed by atoms with van der Waals surface area (Å²) in [5.74, 6) is 2.90. The second-order valence-electron chi connectivity index (χ2n) is 5.93. The van der Waals surface area contributed by atoms with E-state index in [2.05, 4.69) is 32.0 Å². The fourth-order valence-electron chi connectivity index (χ4n) is 3.31. The van der Waals surface area contributed by atoms with Crippen molar-refractivity contribution in [1.82, 2.24) is 29.4 Å². The van der Waals surface area contributed by atoms with Crippen molar-refractivity contribution in [1.29, 1.82) is 0 Å². The number of rotatable bonds is 4. The zero-order chi connectivity index (χ0) is 15.6. The summed E-state index contributed by atoms with van der Waals surface area (Å²) in [4.78, 5) is 19.2. The number of likely N-dealkylation sites (tertiary alicyclic amines) is 1. The fraction of sp³-hybridized carbons (Fsp3) is 0.353. The highest BCUT2D eigenvalue weighted by atomic mass is 15.2. The Kier molecular flexibility index (Phi) is 3.67. The maximum Gasteiger partial charge on any atom is 0.138 e. The molecule has 1 aliphatic rings. The molecule has 1 saturated heterocycles. The number of aryl methyl sites for hydroxylation is 1. The molecule has 0 radical (unpaired) electrons. The molecular weight excluding hydrogens is 288 g/mol. The summed E-state index contributed by atoms with van der Waals surface area (Å²) in [6.45, 7) is 3.92. The van der Waals surface area contributed by atoms with Crippen molar-refractivity contribution in [2.45, 2.75) is 32.4 Å². The van der Waals surface area contributed by atoms with Crippen molar-refractivity contribution in [3.8, 4) is 5.82 Å². The average Bonchev–Trinajstić information content (AvgIpc) is 3.30. The van der Waals surface area contributed by atoms with E-state index in [9.17, 15) is 0 Å². The minimum Gasteiger partial charge on any atom is -0.348 e. The topological polar surface area (TPSA) is 62.6 Å². The Bertz CT molecular complexity index is 776. The van der Waals surface area contributed by atoms with E-state index < -0.39 is 0 Å². The van der Waals surface area contributed by atoms with Gasteiger partial charge in [-0.2, -0.15) is 0 Å². The molecule has 4 heterocycles. The first-order valence-electron chi connectivity index (χ1n) is 8.01. The van der Waals surface area contributed by atoms with Gasteiger partial charge in [0.05, 0.1) is 18.3 Å². The number of aromatic nitrogens is 5. The predicted octanol–water partition coefficient (Wildman–Crippen LogP) is 2.64. The SMILES string of the molecule is Cc1nccn1-c1cccc([C@@H]2CCCN2Cc2ncc[nH]2)n1. The van der Waals surface area contributed by atoms with Gasteiger partial charge in [0.25, 0.3) is 0 Å². The smallest absolute Gasteiger partial charge is 0.138 e. The summed E-state index contributed by atoms with van der Waals surface area (Å²) >= 11 is 0. The van der Waals surface area contributed by atoms with Crippen molar-refractivity contribution in [2.24, 2.45) is 0 Å². The van der Waals surface area contributed by atoms with Crippen LogP contribution < -0.4 is 0 Å². The van der Waals surface area contributed by atoms with Gasteiger partial charge in [0.15, 0.2) is 0 Å². The Labute approximate surface area is 135 Å². The molecule has 0 unspecified atom stereocenters. The third-order valence-electron chi connectivity index (χ3n) is 4.44. The number of hydrogen-bond donors (Lipinski definition) is 1. The summed E-state index contributed by atoms with van der Waals surface area (Å²) in [7, 11) is 0. The Morgan fingerprint density at radius 2 is 2.22 bits per heavy atom. The van der Waals surface area contributed by atoms with E-state index in [1.54, 1.807) is 6.20 Å². The Balaban J connectivity index is 1.60. The van der Waals surface area contributed by atoms with E-state index in [0.29, 0.717) is 6.04 Å². The van der Waals surface area contributed by atoms with Gasteiger partial charge in [-0.05, 0) is 38.4 Å². The molecule has 0 aliphatic carbocycles. The molecule has 3 aromatic rings. The second-order valence-corrected chi connectivity index (χ2v) is 5.93. The molecule has 1 atom stereocenters. The minimum absolute atomic E-state index is 0.351. The maximum absolute atomic E-state index is 4.89. The Morgan fingerprint density at radius 3 is 3.00 bits per heavy atom. The molecule has 6 heteroatoms. The summed E-state index contributed by atoms with van der Waals surface area (Å²) in [6, 6.07) is 6.59. The van der Waals surface area contributed by atoms with Crippen LogP contribution in [-0.4, -0.2) is 35.9 Å². The first kappa shape index (κ1) is 14.1. The lowest BCUT2D eigenvalue weighted by molar-refractivity contribution is 0.239. The quantitative estimate of drug-likeness (QED) is 0.805. The third kappa shape index (κ3) is 2.77. The van der Waals surface area contributed by atoms with E-state index >= 15 is 0 Å². The van der Waals surface area contributed by atoms with Crippen LogP contribution in [0.15, 0.2) is 43.0 Å². The van der Waals surface area contributed by atoms with E-state index in [-0.39, 0.29) is 0 Å². The van der Waals surface area contributed by atoms with E-state index in [1.807, 2.05) is 36.1 Å². The number of aromatic amines is 1. The number of H-pyrrole nitrogens is 1. The van der Waals surface area contributed by atoms with Gasteiger partial charge >= 0.3 is 0 Å². The van der Waals surface area contributed by atoms with Crippen LogP contribution in [0.1, 0.15) is 36.2 Å². The summed E-state index contributed by atoms with van der Waals surface area (Å²) < 4.78 is 2.02. The molecule has 0 aromatic carbocycles. The van der Waals surface area contributed by atoms with Crippen LogP contribution >= 0.6 is 0 Å². The zero-order valence-corrected chi connectivity index (χ0v) is 13.2. The molecular formula is C17H20N6. The van der Waals surface area contributed by atoms with Gasteiger partial charge in [0.2, 0.25) is 0 Å². The standard InChI is InChI=1S/C17H20N6/c1-13-18-9-11-23(13)17-6-2-4-14(21-17)15-5-3-10-22(15)12-16-19-7-8-20-16/h2,4,6-9,11,15H,3,5,10,12H2,1H3,(H,19,20)/t15-/m0/s1. The van der Waals surface area contributed by atoms with Crippen LogP contribution in [0.3, 0.4) is 0 Å². The zero-order valence-electron chi connectivity index (χ0n) is 13.2. The van der Waals surface area contributed by atoms with Crippen LogP contribution in [-0.2, 0) is 6.54 Å². The average molecular weight is 308 g/mol. The highest BCUT2D eigenvalue weighted by molar-refractivity contribution is 5.28. The normalized spacial score (nSPS) is 18.6. The Morgan fingerprint density at radius 1 is 1.26 bits per heavy atom. The molecule has 0 saturated carbocycles. The largest absolute Gasteiger partial charge is 0.348 e. The van der Waals surface area contributed by atoms with Gasteiger partial charge in [-0.15, -0.1) is 0 Å². The number of nitrogens with one attached hydrogen (secondary N) is 1. The van der Waals surface area contributed by atoms with Crippen LogP contribution in [0, 0.1) is 6.92 Å². The van der Waals surface area contributed by atoms with E-state index in [1.165, 1.54) is 6.42 Å². The van der Waals surface area contributed by atoms with Crippen LogP contribution in [0.4, 0.5) is 0 Å². The van der Waals surface area contributed by atoms with Crippen molar-refractivity contribution >= 4 is 0 Å². The molecule has 1 N–H and O–H groups in total. The van der Waals surface area contributed by atoms with Gasteiger partial charge in [0.1, 0.15) is 17.5 Å². The van der Waals surface area contributed by atoms with Gasteiger partial charge in [0, 0.05) is 24.8 Å². The first-order valence-corrected chi connectivity index (χ1v) is 8.01. The third-order valence-corrected chi connectivity index (χ3v) is 4.44. The lowest BCUT2D eigenvalue weighted by Gasteiger charge is -2.23. The van der Waals surface area contributed by atoms with Crippen LogP contribution in [0.2, 0.25) is 0 Å². The van der Waals surface area contributed by atoms with Crippen molar-refractivity contribution in [2.75, 3.05) is 6.54 Å². The highest BCUT2D eigenvalue weighted by Gasteiger charge is 2.27. The fourth-order valence-corrected chi connectivity index (χ4v) is 3.31.